The molecular weight excluding hydrogens is 404 g/mol. The SMILES string of the molecule is CCCCSc1nc(N2CC[NH+](CCO)CC2)c2c3c(sc2n1)COC(C)(C)C3. The molecule has 6 nitrogen and oxygen atoms in total. The van der Waals surface area contributed by atoms with E-state index in [1.54, 1.807) is 23.1 Å². The van der Waals surface area contributed by atoms with E-state index in [1.165, 1.54) is 33.6 Å². The van der Waals surface area contributed by atoms with Crippen LogP contribution in [0.1, 0.15) is 44.1 Å². The first-order valence-corrected chi connectivity index (χ1v) is 12.6. The maximum absolute atomic E-state index is 9.27. The van der Waals surface area contributed by atoms with Crippen molar-refractivity contribution in [3.05, 3.63) is 10.4 Å². The number of nitrogens with zero attached hydrogens (tertiary/aromatic N) is 3. The molecule has 0 spiro atoms. The second-order valence-corrected chi connectivity index (χ2v) is 10.8. The summed E-state index contributed by atoms with van der Waals surface area (Å²) in [6.07, 6.45) is 3.29. The Hall–Kier alpha value is -0.930. The Kier molecular flexibility index (Phi) is 6.65. The maximum Gasteiger partial charge on any atom is 0.190 e. The highest BCUT2D eigenvalue weighted by Gasteiger charge is 2.33. The number of quaternary nitrogens is 1. The predicted molar refractivity (Wildman–Crippen MR) is 120 cm³/mol. The van der Waals surface area contributed by atoms with Gasteiger partial charge in [-0.25, -0.2) is 9.97 Å². The molecule has 4 rings (SSSR count). The zero-order valence-corrected chi connectivity index (χ0v) is 19.4. The van der Waals surface area contributed by atoms with Gasteiger partial charge in [0.2, 0.25) is 0 Å². The summed E-state index contributed by atoms with van der Waals surface area (Å²) in [5, 5.41) is 11.4. The summed E-state index contributed by atoms with van der Waals surface area (Å²) in [5.74, 6) is 2.18. The lowest BCUT2D eigenvalue weighted by molar-refractivity contribution is -0.900. The van der Waals surface area contributed by atoms with Crippen LogP contribution in [0.3, 0.4) is 0 Å². The van der Waals surface area contributed by atoms with E-state index in [0.29, 0.717) is 6.61 Å². The molecule has 0 amide bonds. The number of ether oxygens (including phenoxy) is 1. The minimum Gasteiger partial charge on any atom is -0.391 e. The van der Waals surface area contributed by atoms with Crippen molar-refractivity contribution < 1.29 is 14.7 Å². The molecule has 2 aromatic rings. The van der Waals surface area contributed by atoms with Crippen molar-refractivity contribution in [2.45, 2.75) is 57.4 Å². The van der Waals surface area contributed by atoms with Gasteiger partial charge in [0.25, 0.3) is 0 Å². The van der Waals surface area contributed by atoms with Crippen LogP contribution >= 0.6 is 23.1 Å². The molecule has 2 aromatic heterocycles. The maximum atomic E-state index is 9.27. The van der Waals surface area contributed by atoms with E-state index >= 15 is 0 Å². The zero-order chi connectivity index (χ0) is 20.4. The normalized spacial score (nSPS) is 19.7. The number of thiophene rings is 1. The molecule has 1 fully saturated rings. The molecule has 29 heavy (non-hydrogen) atoms. The summed E-state index contributed by atoms with van der Waals surface area (Å²) in [4.78, 5) is 16.4. The Morgan fingerprint density at radius 3 is 2.79 bits per heavy atom. The average Bonchev–Trinajstić information content (AvgIpc) is 3.05. The lowest BCUT2D eigenvalue weighted by Crippen LogP contribution is -3.15. The fourth-order valence-electron chi connectivity index (χ4n) is 4.15. The van der Waals surface area contributed by atoms with Gasteiger partial charge in [0.05, 0.1) is 50.4 Å². The van der Waals surface area contributed by atoms with Gasteiger partial charge < -0.3 is 19.6 Å². The minimum absolute atomic E-state index is 0.142. The Bertz CT molecular complexity index is 847. The second-order valence-electron chi connectivity index (χ2n) is 8.65. The Morgan fingerprint density at radius 2 is 2.07 bits per heavy atom. The number of hydrogen-bond donors (Lipinski definition) is 2. The van der Waals surface area contributed by atoms with Crippen LogP contribution in [0.25, 0.3) is 10.2 Å². The number of hydrogen-bond acceptors (Lipinski definition) is 7. The molecule has 0 radical (unpaired) electrons. The van der Waals surface area contributed by atoms with Crippen LogP contribution in [0.2, 0.25) is 0 Å². The van der Waals surface area contributed by atoms with Crippen LogP contribution in [-0.4, -0.2) is 65.8 Å². The number of anilines is 1. The summed E-state index contributed by atoms with van der Waals surface area (Å²) < 4.78 is 6.07. The van der Waals surface area contributed by atoms with Crippen LogP contribution in [0.5, 0.6) is 0 Å². The number of aliphatic hydroxyl groups is 1. The topological polar surface area (TPSA) is 62.9 Å². The van der Waals surface area contributed by atoms with Gasteiger partial charge >= 0.3 is 0 Å². The molecule has 0 bridgehead atoms. The summed E-state index contributed by atoms with van der Waals surface area (Å²) in [6.45, 7) is 12.4. The van der Waals surface area contributed by atoms with Crippen molar-refractivity contribution in [1.29, 1.82) is 0 Å². The number of fused-ring (bicyclic) bond motifs is 3. The van der Waals surface area contributed by atoms with Gasteiger partial charge in [0, 0.05) is 17.1 Å². The standard InChI is InChI=1S/C21H32N4O2S2/c1-4-5-12-28-20-22-18(25-8-6-24(7-9-25)10-11-26)17-15-13-21(2,3)27-14-16(15)29-19(17)23-20/h26H,4-14H2,1-3H3/p+1. The van der Waals surface area contributed by atoms with Gasteiger partial charge in [-0.05, 0) is 25.8 Å². The van der Waals surface area contributed by atoms with Gasteiger partial charge in [0.15, 0.2) is 5.16 Å². The fourth-order valence-corrected chi connectivity index (χ4v) is 6.23. The van der Waals surface area contributed by atoms with Crippen LogP contribution in [-0.2, 0) is 17.8 Å². The third-order valence-electron chi connectivity index (χ3n) is 5.86. The molecule has 2 N–H and O–H groups in total. The lowest BCUT2D eigenvalue weighted by atomic mass is 9.94. The third kappa shape index (κ3) is 4.71. The van der Waals surface area contributed by atoms with E-state index < -0.39 is 0 Å². The first-order chi connectivity index (χ1) is 14.0. The van der Waals surface area contributed by atoms with Crippen molar-refractivity contribution in [3.63, 3.8) is 0 Å². The highest BCUT2D eigenvalue weighted by Crippen LogP contribution is 2.42. The molecule has 2 aliphatic rings. The van der Waals surface area contributed by atoms with E-state index in [4.69, 9.17) is 14.7 Å². The molecule has 4 heterocycles. The van der Waals surface area contributed by atoms with E-state index in [1.807, 2.05) is 0 Å². The quantitative estimate of drug-likeness (QED) is 0.393. The highest BCUT2D eigenvalue weighted by molar-refractivity contribution is 7.99. The first kappa shape index (κ1) is 21.3. The molecule has 1 saturated heterocycles. The number of rotatable bonds is 7. The average molecular weight is 438 g/mol. The smallest absolute Gasteiger partial charge is 0.190 e. The molecule has 0 unspecified atom stereocenters. The van der Waals surface area contributed by atoms with E-state index in [9.17, 15) is 5.11 Å². The van der Waals surface area contributed by atoms with Gasteiger partial charge in [-0.15, -0.1) is 11.3 Å². The van der Waals surface area contributed by atoms with E-state index in [0.717, 1.165) is 60.7 Å². The molecule has 0 aliphatic carbocycles. The Balaban J connectivity index is 1.70. The Labute approximate surface area is 181 Å². The van der Waals surface area contributed by atoms with Crippen molar-refractivity contribution in [2.75, 3.05) is 50.0 Å². The number of unbranched alkanes of at least 4 members (excludes halogenated alkanes) is 1. The monoisotopic (exact) mass is 437 g/mol. The van der Waals surface area contributed by atoms with Crippen LogP contribution < -0.4 is 9.80 Å². The number of aromatic nitrogens is 2. The highest BCUT2D eigenvalue weighted by atomic mass is 32.2. The molecule has 0 aromatic carbocycles. The zero-order valence-electron chi connectivity index (χ0n) is 17.8. The van der Waals surface area contributed by atoms with Crippen molar-refractivity contribution in [2.24, 2.45) is 0 Å². The van der Waals surface area contributed by atoms with E-state index in [-0.39, 0.29) is 12.2 Å². The van der Waals surface area contributed by atoms with Gasteiger partial charge in [-0.2, -0.15) is 0 Å². The van der Waals surface area contributed by atoms with Gasteiger partial charge in [-0.1, -0.05) is 25.1 Å². The minimum atomic E-state index is -0.142. The van der Waals surface area contributed by atoms with Gasteiger partial charge in [0.1, 0.15) is 17.2 Å². The number of aliphatic hydroxyl groups excluding tert-OH is 1. The van der Waals surface area contributed by atoms with Crippen LogP contribution in [0.15, 0.2) is 5.16 Å². The number of piperazine rings is 1. The number of thioether (sulfide) groups is 1. The number of nitrogens with one attached hydrogen (secondary N) is 1. The summed E-state index contributed by atoms with van der Waals surface area (Å²) in [6, 6.07) is 0. The molecular formula is C21H33N4O2S2+. The summed E-state index contributed by atoms with van der Waals surface area (Å²) in [5.41, 5.74) is 1.25. The van der Waals surface area contributed by atoms with Crippen LogP contribution in [0, 0.1) is 0 Å². The molecule has 0 atom stereocenters. The fraction of sp³-hybridized carbons (Fsp3) is 0.714. The summed E-state index contributed by atoms with van der Waals surface area (Å²) in [7, 11) is 0. The molecule has 2 aliphatic heterocycles. The predicted octanol–water partition coefficient (Wildman–Crippen LogP) is 2.13. The van der Waals surface area contributed by atoms with Crippen molar-refractivity contribution in [3.8, 4) is 0 Å². The van der Waals surface area contributed by atoms with Crippen molar-refractivity contribution in [1.82, 2.24) is 9.97 Å². The lowest BCUT2D eigenvalue weighted by Gasteiger charge is -2.34. The first-order valence-electron chi connectivity index (χ1n) is 10.8. The van der Waals surface area contributed by atoms with Crippen LogP contribution in [0.4, 0.5) is 5.82 Å². The summed E-state index contributed by atoms with van der Waals surface area (Å²) >= 11 is 3.57. The Morgan fingerprint density at radius 1 is 1.28 bits per heavy atom. The second kappa shape index (κ2) is 9.06. The van der Waals surface area contributed by atoms with E-state index in [2.05, 4.69) is 25.7 Å². The van der Waals surface area contributed by atoms with Gasteiger partial charge in [-0.3, -0.25) is 0 Å². The largest absolute Gasteiger partial charge is 0.391 e. The molecule has 8 heteroatoms. The molecule has 160 valence electrons. The molecule has 0 saturated carbocycles. The third-order valence-corrected chi connectivity index (χ3v) is 7.89. The van der Waals surface area contributed by atoms with Crippen molar-refractivity contribution >= 4 is 39.1 Å².